The van der Waals surface area contributed by atoms with Crippen molar-refractivity contribution < 1.29 is 9.13 Å². The second-order valence-corrected chi connectivity index (χ2v) is 5.53. The van der Waals surface area contributed by atoms with E-state index in [2.05, 4.69) is 10.2 Å². The Labute approximate surface area is 113 Å². The zero-order valence-electron chi connectivity index (χ0n) is 11.2. The first-order chi connectivity index (χ1) is 9.31. The standard InChI is InChI=1S/C15H21FN2O/c16-14-3-4-15(19-11-12-1-2-12)13(9-14)10-18-7-5-17-6-8-18/h3-4,9,12,17H,1-2,5-8,10-11H2. The summed E-state index contributed by atoms with van der Waals surface area (Å²) in [6.07, 6.45) is 2.54. The van der Waals surface area contributed by atoms with Crippen LogP contribution in [0.1, 0.15) is 18.4 Å². The summed E-state index contributed by atoms with van der Waals surface area (Å²) in [6.45, 7) is 5.60. The molecule has 1 aromatic carbocycles. The van der Waals surface area contributed by atoms with Crippen molar-refractivity contribution in [1.29, 1.82) is 0 Å². The third-order valence-corrected chi connectivity index (χ3v) is 3.80. The molecule has 1 aliphatic carbocycles. The normalized spacial score (nSPS) is 20.5. The van der Waals surface area contributed by atoms with Crippen LogP contribution in [0.15, 0.2) is 18.2 Å². The Morgan fingerprint density at radius 3 is 2.79 bits per heavy atom. The molecule has 104 valence electrons. The molecule has 0 spiro atoms. The highest BCUT2D eigenvalue weighted by Gasteiger charge is 2.22. The molecule has 1 aliphatic heterocycles. The second-order valence-electron chi connectivity index (χ2n) is 5.53. The summed E-state index contributed by atoms with van der Waals surface area (Å²) in [5.74, 6) is 1.40. The van der Waals surface area contributed by atoms with Gasteiger partial charge in [0.05, 0.1) is 6.61 Å². The van der Waals surface area contributed by atoms with Gasteiger partial charge < -0.3 is 10.1 Å². The van der Waals surface area contributed by atoms with Gasteiger partial charge in [-0.25, -0.2) is 4.39 Å². The van der Waals surface area contributed by atoms with Crippen LogP contribution >= 0.6 is 0 Å². The summed E-state index contributed by atoms with van der Waals surface area (Å²) >= 11 is 0. The van der Waals surface area contributed by atoms with Crippen LogP contribution in [0.2, 0.25) is 0 Å². The molecule has 19 heavy (non-hydrogen) atoms. The fourth-order valence-electron chi connectivity index (χ4n) is 2.41. The fourth-order valence-corrected chi connectivity index (χ4v) is 2.41. The maximum atomic E-state index is 13.4. The maximum absolute atomic E-state index is 13.4. The number of rotatable bonds is 5. The average molecular weight is 264 g/mol. The third kappa shape index (κ3) is 3.67. The maximum Gasteiger partial charge on any atom is 0.124 e. The minimum Gasteiger partial charge on any atom is -0.493 e. The molecule has 0 bridgehead atoms. The van der Waals surface area contributed by atoms with Gasteiger partial charge in [-0.2, -0.15) is 0 Å². The Hall–Kier alpha value is -1.13. The van der Waals surface area contributed by atoms with Crippen LogP contribution in [0.5, 0.6) is 5.75 Å². The summed E-state index contributed by atoms with van der Waals surface area (Å²) in [6, 6.07) is 4.88. The van der Waals surface area contributed by atoms with E-state index in [1.807, 2.05) is 0 Å². The lowest BCUT2D eigenvalue weighted by molar-refractivity contribution is 0.226. The molecule has 3 nitrogen and oxygen atoms in total. The number of piperazine rings is 1. The van der Waals surface area contributed by atoms with E-state index < -0.39 is 0 Å². The van der Waals surface area contributed by atoms with E-state index in [1.54, 1.807) is 12.1 Å². The Morgan fingerprint density at radius 1 is 1.26 bits per heavy atom. The van der Waals surface area contributed by atoms with E-state index in [0.29, 0.717) is 0 Å². The van der Waals surface area contributed by atoms with Gasteiger partial charge in [-0.15, -0.1) is 0 Å². The molecule has 0 unspecified atom stereocenters. The zero-order chi connectivity index (χ0) is 13.1. The van der Waals surface area contributed by atoms with Crippen LogP contribution in [0.4, 0.5) is 4.39 Å². The smallest absolute Gasteiger partial charge is 0.124 e. The lowest BCUT2D eigenvalue weighted by Crippen LogP contribution is -2.42. The Bertz CT molecular complexity index is 428. The molecule has 2 fully saturated rings. The molecule has 1 saturated heterocycles. The van der Waals surface area contributed by atoms with E-state index >= 15 is 0 Å². The molecule has 1 N–H and O–H groups in total. The largest absolute Gasteiger partial charge is 0.493 e. The van der Waals surface area contributed by atoms with Gasteiger partial charge in [-0.05, 0) is 37.0 Å². The first-order valence-corrected chi connectivity index (χ1v) is 7.15. The Balaban J connectivity index is 1.67. The van der Waals surface area contributed by atoms with Crippen molar-refractivity contribution in [3.63, 3.8) is 0 Å². The molecular weight excluding hydrogens is 243 g/mol. The first kappa shape index (κ1) is 12.9. The monoisotopic (exact) mass is 264 g/mol. The summed E-state index contributed by atoms with van der Waals surface area (Å²) in [5, 5.41) is 3.33. The van der Waals surface area contributed by atoms with E-state index in [1.165, 1.54) is 18.9 Å². The lowest BCUT2D eigenvalue weighted by Gasteiger charge is -2.27. The van der Waals surface area contributed by atoms with Crippen molar-refractivity contribution >= 4 is 0 Å². The number of benzene rings is 1. The second kappa shape index (κ2) is 5.88. The van der Waals surface area contributed by atoms with Gasteiger partial charge in [0.2, 0.25) is 0 Å². The molecule has 1 aromatic rings. The zero-order valence-corrected chi connectivity index (χ0v) is 11.2. The quantitative estimate of drug-likeness (QED) is 0.880. The molecule has 0 atom stereocenters. The summed E-state index contributed by atoms with van der Waals surface area (Å²) in [4.78, 5) is 2.34. The SMILES string of the molecule is Fc1ccc(OCC2CC2)c(CN2CCNCC2)c1. The minimum absolute atomic E-state index is 0.177. The van der Waals surface area contributed by atoms with Gasteiger partial charge in [0.25, 0.3) is 0 Å². The molecular formula is C15H21FN2O. The van der Waals surface area contributed by atoms with Crippen molar-refractivity contribution in [3.05, 3.63) is 29.6 Å². The van der Waals surface area contributed by atoms with Crippen LogP contribution in [0.3, 0.4) is 0 Å². The summed E-state index contributed by atoms with van der Waals surface area (Å²) in [7, 11) is 0. The van der Waals surface area contributed by atoms with Crippen molar-refractivity contribution in [1.82, 2.24) is 10.2 Å². The molecule has 4 heteroatoms. The van der Waals surface area contributed by atoms with Crippen molar-refractivity contribution in [2.75, 3.05) is 32.8 Å². The summed E-state index contributed by atoms with van der Waals surface area (Å²) < 4.78 is 19.3. The van der Waals surface area contributed by atoms with Crippen LogP contribution in [-0.4, -0.2) is 37.7 Å². The van der Waals surface area contributed by atoms with E-state index in [9.17, 15) is 4.39 Å². The van der Waals surface area contributed by atoms with Crippen molar-refractivity contribution in [3.8, 4) is 5.75 Å². The number of halogens is 1. The minimum atomic E-state index is -0.177. The molecule has 0 radical (unpaired) electrons. The third-order valence-electron chi connectivity index (χ3n) is 3.80. The van der Waals surface area contributed by atoms with E-state index in [4.69, 9.17) is 4.74 Å². The highest BCUT2D eigenvalue weighted by atomic mass is 19.1. The van der Waals surface area contributed by atoms with Gasteiger partial charge in [0, 0.05) is 38.3 Å². The molecule has 1 saturated carbocycles. The predicted octanol–water partition coefficient (Wildman–Crippen LogP) is 2.02. The Kier molecular flexibility index (Phi) is 3.99. The molecule has 3 rings (SSSR count). The molecule has 2 aliphatic rings. The van der Waals surface area contributed by atoms with Gasteiger partial charge in [-0.3, -0.25) is 4.90 Å². The number of nitrogens with one attached hydrogen (secondary N) is 1. The molecule has 0 amide bonds. The van der Waals surface area contributed by atoms with E-state index in [-0.39, 0.29) is 5.82 Å². The van der Waals surface area contributed by atoms with Gasteiger partial charge in [0.1, 0.15) is 11.6 Å². The van der Waals surface area contributed by atoms with Crippen LogP contribution < -0.4 is 10.1 Å². The topological polar surface area (TPSA) is 24.5 Å². The predicted molar refractivity (Wildman–Crippen MR) is 72.8 cm³/mol. The number of hydrogen-bond acceptors (Lipinski definition) is 3. The van der Waals surface area contributed by atoms with Crippen LogP contribution in [0.25, 0.3) is 0 Å². The van der Waals surface area contributed by atoms with Crippen molar-refractivity contribution in [2.45, 2.75) is 19.4 Å². The number of ether oxygens (including phenoxy) is 1. The molecule has 1 heterocycles. The van der Waals surface area contributed by atoms with Gasteiger partial charge in [-0.1, -0.05) is 0 Å². The Morgan fingerprint density at radius 2 is 2.05 bits per heavy atom. The fraction of sp³-hybridized carbons (Fsp3) is 0.600. The highest BCUT2D eigenvalue weighted by molar-refractivity contribution is 5.34. The lowest BCUT2D eigenvalue weighted by atomic mass is 10.1. The van der Waals surface area contributed by atoms with Gasteiger partial charge in [0.15, 0.2) is 0 Å². The summed E-state index contributed by atoms with van der Waals surface area (Å²) in [5.41, 5.74) is 0.975. The molecule has 0 aromatic heterocycles. The highest BCUT2D eigenvalue weighted by Crippen LogP contribution is 2.30. The first-order valence-electron chi connectivity index (χ1n) is 7.15. The number of nitrogens with zero attached hydrogens (tertiary/aromatic N) is 1. The van der Waals surface area contributed by atoms with Gasteiger partial charge >= 0.3 is 0 Å². The van der Waals surface area contributed by atoms with E-state index in [0.717, 1.165) is 56.6 Å². The number of hydrogen-bond donors (Lipinski definition) is 1. The van der Waals surface area contributed by atoms with Crippen LogP contribution in [-0.2, 0) is 6.54 Å². The average Bonchev–Trinajstić information content (AvgIpc) is 3.23. The van der Waals surface area contributed by atoms with Crippen molar-refractivity contribution in [2.24, 2.45) is 5.92 Å². The van der Waals surface area contributed by atoms with Crippen LogP contribution in [0, 0.1) is 11.7 Å².